The van der Waals surface area contributed by atoms with Crippen LogP contribution in [-0.2, 0) is 5.41 Å². The summed E-state index contributed by atoms with van der Waals surface area (Å²) in [5.74, 6) is 0.792. The number of benzene rings is 3. The number of hydrogen-bond acceptors (Lipinski definition) is 4. The number of allylic oxidation sites excluding steroid dienone is 1. The molecule has 0 aliphatic carbocycles. The zero-order valence-electron chi connectivity index (χ0n) is 19.0. The number of methoxy groups -OCH3 is 1. The van der Waals surface area contributed by atoms with Crippen LogP contribution in [-0.4, -0.2) is 13.7 Å². The molecule has 0 amide bonds. The summed E-state index contributed by atoms with van der Waals surface area (Å²) in [5.41, 5.74) is 10.4. The van der Waals surface area contributed by atoms with Crippen molar-refractivity contribution < 1.29 is 9.15 Å². The molecule has 0 aliphatic rings. The van der Waals surface area contributed by atoms with Crippen molar-refractivity contribution in [1.29, 1.82) is 5.26 Å². The predicted molar refractivity (Wildman–Crippen MR) is 139 cm³/mol. The Labute approximate surface area is 203 Å². The fourth-order valence-electron chi connectivity index (χ4n) is 3.24. The minimum absolute atomic E-state index is 0.0548. The molecule has 3 aromatic carbocycles. The maximum absolute atomic E-state index is 9.42. The second-order valence-electron chi connectivity index (χ2n) is 8.19. The molecule has 4 rings (SSSR count). The fraction of sp³-hybridized carbons (Fsp3) is 0.179. The minimum atomic E-state index is -0.0548. The van der Waals surface area contributed by atoms with E-state index in [1.165, 1.54) is 5.56 Å². The summed E-state index contributed by atoms with van der Waals surface area (Å²) in [6, 6.07) is 26.0. The Morgan fingerprint density at radius 3 is 2.33 bits per heavy atom. The Bertz CT molecular complexity index is 1260. The average Bonchev–Trinajstić information content (AvgIpc) is 3.27. The topological polar surface area (TPSA) is 72.2 Å². The molecule has 0 fully saturated rings. The van der Waals surface area contributed by atoms with Gasteiger partial charge in [0, 0.05) is 16.4 Å². The van der Waals surface area contributed by atoms with Gasteiger partial charge in [-0.05, 0) is 47.0 Å². The number of nitrogens with zero attached hydrogens (tertiary/aromatic N) is 1. The van der Waals surface area contributed by atoms with Crippen molar-refractivity contribution in [2.45, 2.75) is 19.3 Å². The number of furan rings is 1. The second-order valence-corrected chi connectivity index (χ2v) is 9.10. The molecule has 0 radical (unpaired) electrons. The molecule has 2 N–H and O–H groups in total. The molecule has 1 heterocycles. The third-order valence-electron chi connectivity index (χ3n) is 5.45. The van der Waals surface area contributed by atoms with Crippen molar-refractivity contribution in [3.8, 4) is 11.8 Å². The molecule has 1 aromatic heterocycles. The van der Waals surface area contributed by atoms with Crippen molar-refractivity contribution in [2.24, 2.45) is 5.73 Å². The largest absolute Gasteiger partial charge is 0.493 e. The lowest BCUT2D eigenvalue weighted by molar-refractivity contribution is 0.410. The van der Waals surface area contributed by atoms with Crippen molar-refractivity contribution in [2.75, 3.05) is 13.7 Å². The summed E-state index contributed by atoms with van der Waals surface area (Å²) in [7, 11) is 1.64. The Kier molecular flexibility index (Phi) is 8.11. The Balaban J connectivity index is 0.000000231. The lowest BCUT2D eigenvalue weighted by atomic mass is 9.84. The SMILES string of the molecule is CC(C)(CN)c1ccc(/C(C#N)=C/c2ccc(Br)cc2)cc1.COc1coc2ccccc12. The van der Waals surface area contributed by atoms with E-state index in [-0.39, 0.29) is 5.41 Å². The van der Waals surface area contributed by atoms with Gasteiger partial charge in [-0.25, -0.2) is 0 Å². The minimum Gasteiger partial charge on any atom is -0.493 e. The summed E-state index contributed by atoms with van der Waals surface area (Å²) in [6.45, 7) is 4.82. The Morgan fingerprint density at radius 1 is 1.06 bits per heavy atom. The van der Waals surface area contributed by atoms with Gasteiger partial charge in [0.1, 0.15) is 11.8 Å². The number of halogens is 1. The molecular formula is C28H27BrN2O2. The van der Waals surface area contributed by atoms with Crippen molar-refractivity contribution in [1.82, 2.24) is 0 Å². The monoisotopic (exact) mass is 502 g/mol. The van der Waals surface area contributed by atoms with Crippen LogP contribution in [0.4, 0.5) is 0 Å². The first-order valence-corrected chi connectivity index (χ1v) is 11.4. The lowest BCUT2D eigenvalue weighted by Gasteiger charge is -2.23. The predicted octanol–water partition coefficient (Wildman–Crippen LogP) is 7.19. The molecule has 0 aliphatic heterocycles. The molecule has 0 saturated heterocycles. The van der Waals surface area contributed by atoms with Gasteiger partial charge < -0.3 is 14.9 Å². The van der Waals surface area contributed by atoms with Gasteiger partial charge in [0.05, 0.1) is 24.1 Å². The van der Waals surface area contributed by atoms with Gasteiger partial charge in [0.15, 0.2) is 5.75 Å². The third-order valence-corrected chi connectivity index (χ3v) is 5.98. The van der Waals surface area contributed by atoms with Crippen LogP contribution in [0.15, 0.2) is 87.9 Å². The van der Waals surface area contributed by atoms with Crippen LogP contribution in [0.25, 0.3) is 22.6 Å². The quantitative estimate of drug-likeness (QED) is 0.231. The number of nitrogens with two attached hydrogens (primary N) is 1. The van der Waals surface area contributed by atoms with E-state index < -0.39 is 0 Å². The normalized spacial score (nSPS) is 11.5. The number of fused-ring (bicyclic) bond motifs is 1. The van der Waals surface area contributed by atoms with Crippen molar-refractivity contribution in [3.63, 3.8) is 0 Å². The molecule has 168 valence electrons. The van der Waals surface area contributed by atoms with E-state index in [2.05, 4.69) is 48.0 Å². The van der Waals surface area contributed by atoms with Crippen LogP contribution in [0.2, 0.25) is 0 Å². The zero-order chi connectivity index (χ0) is 23.8. The van der Waals surface area contributed by atoms with Crippen LogP contribution >= 0.6 is 15.9 Å². The van der Waals surface area contributed by atoms with Gasteiger partial charge in [-0.3, -0.25) is 0 Å². The standard InChI is InChI=1S/C19H19BrN2.C9H8O2/c1-19(2,13-22)17-7-5-15(6-8-17)16(12-21)11-14-3-9-18(20)10-4-14;1-10-9-6-11-8-5-3-2-4-7(8)9/h3-11H,13,22H2,1-2H3;2-6H,1H3/b16-11+;. The highest BCUT2D eigenvalue weighted by Crippen LogP contribution is 2.27. The second kappa shape index (κ2) is 11.0. The van der Waals surface area contributed by atoms with Crippen LogP contribution in [0.3, 0.4) is 0 Å². The van der Waals surface area contributed by atoms with Crippen LogP contribution in [0.5, 0.6) is 5.75 Å². The smallest absolute Gasteiger partial charge is 0.164 e. The summed E-state index contributed by atoms with van der Waals surface area (Å²) >= 11 is 3.41. The maximum Gasteiger partial charge on any atom is 0.164 e. The molecule has 0 atom stereocenters. The molecule has 0 bridgehead atoms. The van der Waals surface area contributed by atoms with E-state index in [0.29, 0.717) is 12.1 Å². The van der Waals surface area contributed by atoms with Gasteiger partial charge in [0.2, 0.25) is 0 Å². The molecule has 0 unspecified atom stereocenters. The number of para-hydroxylation sites is 1. The zero-order valence-corrected chi connectivity index (χ0v) is 20.6. The lowest BCUT2D eigenvalue weighted by Crippen LogP contribution is -2.27. The van der Waals surface area contributed by atoms with E-state index in [4.69, 9.17) is 14.9 Å². The highest BCUT2D eigenvalue weighted by atomic mass is 79.9. The Hall–Kier alpha value is -3.33. The van der Waals surface area contributed by atoms with Gasteiger partial charge in [-0.1, -0.05) is 78.3 Å². The number of nitriles is 1. The molecule has 4 aromatic rings. The van der Waals surface area contributed by atoms with E-state index >= 15 is 0 Å². The van der Waals surface area contributed by atoms with Gasteiger partial charge in [-0.2, -0.15) is 5.26 Å². The highest BCUT2D eigenvalue weighted by molar-refractivity contribution is 9.10. The fourth-order valence-corrected chi connectivity index (χ4v) is 3.50. The van der Waals surface area contributed by atoms with Crippen molar-refractivity contribution in [3.05, 3.63) is 100 Å². The maximum atomic E-state index is 9.42. The van der Waals surface area contributed by atoms with E-state index in [1.807, 2.05) is 66.7 Å². The Morgan fingerprint density at radius 2 is 1.73 bits per heavy atom. The van der Waals surface area contributed by atoms with Crippen LogP contribution in [0.1, 0.15) is 30.5 Å². The highest BCUT2D eigenvalue weighted by Gasteiger charge is 2.18. The van der Waals surface area contributed by atoms with Gasteiger partial charge in [-0.15, -0.1) is 0 Å². The van der Waals surface area contributed by atoms with E-state index in [1.54, 1.807) is 13.4 Å². The van der Waals surface area contributed by atoms with E-state index in [9.17, 15) is 5.26 Å². The van der Waals surface area contributed by atoms with Crippen molar-refractivity contribution >= 4 is 38.5 Å². The molecule has 0 saturated carbocycles. The summed E-state index contributed by atoms with van der Waals surface area (Å²) < 4.78 is 11.3. The van der Waals surface area contributed by atoms with Crippen LogP contribution in [0, 0.1) is 11.3 Å². The van der Waals surface area contributed by atoms with E-state index in [0.717, 1.165) is 32.3 Å². The molecular weight excluding hydrogens is 476 g/mol. The number of ether oxygens (including phenoxy) is 1. The average molecular weight is 503 g/mol. The molecule has 33 heavy (non-hydrogen) atoms. The molecule has 0 spiro atoms. The summed E-state index contributed by atoms with van der Waals surface area (Å²) in [6.07, 6.45) is 3.51. The molecule has 4 nitrogen and oxygen atoms in total. The van der Waals surface area contributed by atoms with Gasteiger partial charge >= 0.3 is 0 Å². The summed E-state index contributed by atoms with van der Waals surface area (Å²) in [5, 5.41) is 10.4. The first kappa shape index (κ1) is 24.3. The number of hydrogen-bond donors (Lipinski definition) is 1. The first-order chi connectivity index (χ1) is 15.9. The summed E-state index contributed by atoms with van der Waals surface area (Å²) in [4.78, 5) is 0. The molecule has 5 heteroatoms. The van der Waals surface area contributed by atoms with Crippen LogP contribution < -0.4 is 10.5 Å². The first-order valence-electron chi connectivity index (χ1n) is 10.6. The third kappa shape index (κ3) is 6.13. The number of rotatable bonds is 5. The van der Waals surface area contributed by atoms with Gasteiger partial charge in [0.25, 0.3) is 0 Å².